The molecule has 0 aromatic carbocycles. The molecule has 1 aliphatic heterocycles. The molecule has 1 N–H and O–H groups in total. The van der Waals surface area contributed by atoms with Crippen molar-refractivity contribution in [1.29, 1.82) is 0 Å². The molecule has 1 amide bonds. The van der Waals surface area contributed by atoms with Gasteiger partial charge in [0.25, 0.3) is 0 Å². The van der Waals surface area contributed by atoms with Gasteiger partial charge in [0.05, 0.1) is 5.00 Å². The van der Waals surface area contributed by atoms with Gasteiger partial charge in [0.2, 0.25) is 5.91 Å². The van der Waals surface area contributed by atoms with Gasteiger partial charge in [0.1, 0.15) is 0 Å². The van der Waals surface area contributed by atoms with E-state index in [9.17, 15) is 4.79 Å². The zero-order chi connectivity index (χ0) is 13.5. The molecule has 0 saturated heterocycles. The summed E-state index contributed by atoms with van der Waals surface area (Å²) in [7, 11) is 0. The quantitative estimate of drug-likeness (QED) is 0.871. The molecule has 0 bridgehead atoms. The average Bonchev–Trinajstić information content (AvgIpc) is 2.85. The number of carbonyl (C=O) groups excluding carboxylic acids is 1. The fraction of sp³-hybridized carbons (Fsp3) is 0.375. The molecule has 0 radical (unpaired) electrons. The summed E-state index contributed by atoms with van der Waals surface area (Å²) >= 11 is 1.79. The van der Waals surface area contributed by atoms with E-state index in [0.29, 0.717) is 6.42 Å². The molecule has 4 rings (SSSR count). The molecule has 0 unspecified atom stereocenters. The maximum absolute atomic E-state index is 12.0. The van der Waals surface area contributed by atoms with Gasteiger partial charge in [-0.3, -0.25) is 9.78 Å². The molecule has 3 heterocycles. The molecule has 2 aliphatic rings. The number of anilines is 1. The van der Waals surface area contributed by atoms with Crippen LogP contribution in [-0.2, 0) is 17.6 Å². The van der Waals surface area contributed by atoms with Crippen LogP contribution in [0.15, 0.2) is 24.5 Å². The average molecular weight is 284 g/mol. The highest BCUT2D eigenvalue weighted by Gasteiger charge is 2.33. The van der Waals surface area contributed by atoms with Crippen LogP contribution in [0.1, 0.15) is 46.7 Å². The summed E-state index contributed by atoms with van der Waals surface area (Å²) in [6, 6.07) is 4.05. The van der Waals surface area contributed by atoms with Crippen molar-refractivity contribution in [3.05, 3.63) is 46.1 Å². The second-order valence-electron chi connectivity index (χ2n) is 5.54. The zero-order valence-corrected chi connectivity index (χ0v) is 12.0. The van der Waals surface area contributed by atoms with Gasteiger partial charge >= 0.3 is 0 Å². The topological polar surface area (TPSA) is 42.0 Å². The number of aryl methyl sites for hydroxylation is 1. The summed E-state index contributed by atoms with van der Waals surface area (Å²) in [5, 5.41) is 4.16. The van der Waals surface area contributed by atoms with Crippen molar-refractivity contribution in [2.45, 2.75) is 38.0 Å². The van der Waals surface area contributed by atoms with Crippen molar-refractivity contribution in [2.24, 2.45) is 0 Å². The molecule has 1 aliphatic carbocycles. The summed E-state index contributed by atoms with van der Waals surface area (Å²) in [4.78, 5) is 17.7. The van der Waals surface area contributed by atoms with Gasteiger partial charge in [0, 0.05) is 29.6 Å². The Hall–Kier alpha value is -1.68. The van der Waals surface area contributed by atoms with Crippen LogP contribution < -0.4 is 5.32 Å². The number of thiophene rings is 1. The molecule has 2 aromatic rings. The molecule has 1 atom stereocenters. The SMILES string of the molecule is O=C1C[C@H](c2cccnc2)c2c(sc3c2CCCC3)N1. The first-order valence-corrected chi connectivity index (χ1v) is 7.99. The Morgan fingerprint density at radius 2 is 2.20 bits per heavy atom. The monoisotopic (exact) mass is 284 g/mol. The highest BCUT2D eigenvalue weighted by molar-refractivity contribution is 7.16. The minimum Gasteiger partial charge on any atom is -0.317 e. The second-order valence-corrected chi connectivity index (χ2v) is 6.65. The van der Waals surface area contributed by atoms with Crippen molar-refractivity contribution >= 4 is 22.2 Å². The van der Waals surface area contributed by atoms with Crippen molar-refractivity contribution in [3.63, 3.8) is 0 Å². The van der Waals surface area contributed by atoms with E-state index in [-0.39, 0.29) is 11.8 Å². The molecule has 20 heavy (non-hydrogen) atoms. The number of nitrogens with one attached hydrogen (secondary N) is 1. The van der Waals surface area contributed by atoms with Gasteiger partial charge in [-0.2, -0.15) is 0 Å². The van der Waals surface area contributed by atoms with Gasteiger partial charge in [-0.1, -0.05) is 6.07 Å². The van der Waals surface area contributed by atoms with Crippen LogP contribution >= 0.6 is 11.3 Å². The Morgan fingerprint density at radius 1 is 1.30 bits per heavy atom. The number of fused-ring (bicyclic) bond motifs is 3. The first-order chi connectivity index (χ1) is 9.83. The third-order valence-electron chi connectivity index (χ3n) is 4.29. The number of pyridine rings is 1. The second kappa shape index (κ2) is 4.70. The number of hydrogen-bond donors (Lipinski definition) is 1. The maximum Gasteiger partial charge on any atom is 0.225 e. The lowest BCUT2D eigenvalue weighted by molar-refractivity contribution is -0.116. The summed E-state index contributed by atoms with van der Waals surface area (Å²) in [5.41, 5.74) is 4.04. The number of carbonyl (C=O) groups is 1. The number of rotatable bonds is 1. The maximum atomic E-state index is 12.0. The van der Waals surface area contributed by atoms with E-state index in [2.05, 4.69) is 16.4 Å². The molecular formula is C16H16N2OS. The lowest BCUT2D eigenvalue weighted by Gasteiger charge is -2.25. The Morgan fingerprint density at radius 3 is 3.05 bits per heavy atom. The highest BCUT2D eigenvalue weighted by Crippen LogP contribution is 2.47. The van der Waals surface area contributed by atoms with Crippen LogP contribution in [0, 0.1) is 0 Å². The van der Waals surface area contributed by atoms with Crippen LogP contribution in [0.5, 0.6) is 0 Å². The highest BCUT2D eigenvalue weighted by atomic mass is 32.1. The van der Waals surface area contributed by atoms with Crippen molar-refractivity contribution in [3.8, 4) is 0 Å². The van der Waals surface area contributed by atoms with Crippen molar-refractivity contribution in [2.75, 3.05) is 5.32 Å². The van der Waals surface area contributed by atoms with Crippen molar-refractivity contribution in [1.82, 2.24) is 4.98 Å². The molecular weight excluding hydrogens is 268 g/mol. The molecule has 4 heteroatoms. The fourth-order valence-electron chi connectivity index (χ4n) is 3.38. The Balaban J connectivity index is 1.87. The van der Waals surface area contributed by atoms with E-state index in [1.54, 1.807) is 17.5 Å². The van der Waals surface area contributed by atoms with Gasteiger partial charge in [-0.25, -0.2) is 0 Å². The lowest BCUT2D eigenvalue weighted by atomic mass is 9.82. The van der Waals surface area contributed by atoms with Gasteiger partial charge < -0.3 is 5.32 Å². The molecule has 3 nitrogen and oxygen atoms in total. The standard InChI is InChI=1S/C16H16N2OS/c19-14-8-12(10-4-3-7-17-9-10)15-11-5-1-2-6-13(11)20-16(15)18-14/h3-4,7,9,12H,1-2,5-6,8H2,(H,18,19)/t12-/m1/s1. The predicted octanol–water partition coefficient (Wildman–Crippen LogP) is 3.50. The van der Waals surface area contributed by atoms with Crippen LogP contribution in [-0.4, -0.2) is 10.9 Å². The third-order valence-corrected chi connectivity index (χ3v) is 5.51. The Bertz CT molecular complexity index is 663. The molecule has 0 fully saturated rings. The number of hydrogen-bond acceptors (Lipinski definition) is 3. The smallest absolute Gasteiger partial charge is 0.225 e. The van der Waals surface area contributed by atoms with Gasteiger partial charge in [-0.05, 0) is 48.4 Å². The number of aromatic nitrogens is 1. The Kier molecular flexibility index (Phi) is 2.84. The molecule has 2 aromatic heterocycles. The van der Waals surface area contributed by atoms with E-state index in [0.717, 1.165) is 17.0 Å². The summed E-state index contributed by atoms with van der Waals surface area (Å²) in [5.74, 6) is 0.315. The van der Waals surface area contributed by atoms with E-state index >= 15 is 0 Å². The van der Waals surface area contributed by atoms with Crippen LogP contribution in [0.2, 0.25) is 0 Å². The number of amides is 1. The molecule has 102 valence electrons. The summed E-state index contributed by atoms with van der Waals surface area (Å²) in [6.45, 7) is 0. The summed E-state index contributed by atoms with van der Waals surface area (Å²) < 4.78 is 0. The first-order valence-electron chi connectivity index (χ1n) is 7.17. The minimum atomic E-state index is 0.130. The number of nitrogens with zero attached hydrogens (tertiary/aromatic N) is 1. The lowest BCUT2D eigenvalue weighted by Crippen LogP contribution is -2.23. The largest absolute Gasteiger partial charge is 0.317 e. The first kappa shape index (κ1) is 12.1. The molecule has 0 spiro atoms. The Labute approximate surface area is 122 Å². The van der Waals surface area contributed by atoms with E-state index in [1.807, 2.05) is 12.3 Å². The predicted molar refractivity (Wildman–Crippen MR) is 80.3 cm³/mol. The summed E-state index contributed by atoms with van der Waals surface area (Å²) in [6.07, 6.45) is 9.11. The van der Waals surface area contributed by atoms with Crippen LogP contribution in [0.4, 0.5) is 5.00 Å². The van der Waals surface area contributed by atoms with E-state index in [1.165, 1.54) is 35.3 Å². The van der Waals surface area contributed by atoms with E-state index in [4.69, 9.17) is 0 Å². The third kappa shape index (κ3) is 1.86. The van der Waals surface area contributed by atoms with Gasteiger partial charge in [0.15, 0.2) is 0 Å². The zero-order valence-electron chi connectivity index (χ0n) is 11.2. The van der Waals surface area contributed by atoms with Crippen LogP contribution in [0.25, 0.3) is 0 Å². The minimum absolute atomic E-state index is 0.130. The molecule has 0 saturated carbocycles. The van der Waals surface area contributed by atoms with E-state index < -0.39 is 0 Å². The fourth-order valence-corrected chi connectivity index (χ4v) is 4.75. The van der Waals surface area contributed by atoms with Gasteiger partial charge in [-0.15, -0.1) is 11.3 Å². The normalized spacial score (nSPS) is 21.0. The van der Waals surface area contributed by atoms with Crippen LogP contribution in [0.3, 0.4) is 0 Å². The van der Waals surface area contributed by atoms with Crippen molar-refractivity contribution < 1.29 is 4.79 Å².